The highest BCUT2D eigenvalue weighted by atomic mass is 19.1. The first kappa shape index (κ1) is 17.0. The molecule has 8 nitrogen and oxygen atoms in total. The molecule has 0 radical (unpaired) electrons. The number of nitrogens with two attached hydrogens (primary N) is 1. The standard InChI is InChI=1S/C16H18FN5O3/c17-12-5-1-3-10(7-12)14-20-15(25-21-14)11-4-2-6-22(8-11)9-13(23)19-16(18)24/h1,3,5,7,11H,2,4,6,8-9H2,(H3,18,19,23,24). The highest BCUT2D eigenvalue weighted by Gasteiger charge is 2.27. The SMILES string of the molecule is NC(=O)NC(=O)CN1CCCC(c2nc(-c3cccc(F)c3)no2)C1. The third kappa shape index (κ3) is 4.38. The predicted octanol–water partition coefficient (Wildman–Crippen LogP) is 1.25. The van der Waals surface area contributed by atoms with E-state index in [9.17, 15) is 14.0 Å². The number of rotatable bonds is 4. The number of primary amides is 1. The number of hydrogen-bond acceptors (Lipinski definition) is 6. The van der Waals surface area contributed by atoms with Crippen LogP contribution in [0.5, 0.6) is 0 Å². The number of halogens is 1. The van der Waals surface area contributed by atoms with Gasteiger partial charge in [-0.3, -0.25) is 15.0 Å². The summed E-state index contributed by atoms with van der Waals surface area (Å²) in [5.74, 6) is -0.0467. The van der Waals surface area contributed by atoms with Gasteiger partial charge in [-0.1, -0.05) is 17.3 Å². The summed E-state index contributed by atoms with van der Waals surface area (Å²) >= 11 is 0. The number of benzene rings is 1. The zero-order valence-electron chi connectivity index (χ0n) is 13.4. The average molecular weight is 347 g/mol. The fraction of sp³-hybridized carbons (Fsp3) is 0.375. The minimum Gasteiger partial charge on any atom is -0.351 e. The quantitative estimate of drug-likeness (QED) is 0.860. The van der Waals surface area contributed by atoms with Gasteiger partial charge in [-0.2, -0.15) is 4.98 Å². The van der Waals surface area contributed by atoms with Gasteiger partial charge in [-0.15, -0.1) is 0 Å². The summed E-state index contributed by atoms with van der Waals surface area (Å²) in [6, 6.07) is 5.12. The van der Waals surface area contributed by atoms with Crippen molar-refractivity contribution in [3.8, 4) is 11.4 Å². The lowest BCUT2D eigenvalue weighted by Gasteiger charge is -2.30. The van der Waals surface area contributed by atoms with Gasteiger partial charge in [0.1, 0.15) is 5.82 Å². The summed E-state index contributed by atoms with van der Waals surface area (Å²) < 4.78 is 18.6. The summed E-state index contributed by atoms with van der Waals surface area (Å²) in [5, 5.41) is 5.96. The van der Waals surface area contributed by atoms with Crippen molar-refractivity contribution in [3.63, 3.8) is 0 Å². The van der Waals surface area contributed by atoms with E-state index >= 15 is 0 Å². The van der Waals surface area contributed by atoms with Gasteiger partial charge in [0, 0.05) is 12.1 Å². The lowest BCUT2D eigenvalue weighted by molar-refractivity contribution is -0.121. The predicted molar refractivity (Wildman–Crippen MR) is 85.8 cm³/mol. The number of carbonyl (C=O) groups excluding carboxylic acids is 2. The van der Waals surface area contributed by atoms with E-state index in [4.69, 9.17) is 10.3 Å². The van der Waals surface area contributed by atoms with E-state index in [0.29, 0.717) is 23.8 Å². The van der Waals surface area contributed by atoms with E-state index in [0.717, 1.165) is 19.4 Å². The first-order valence-corrected chi connectivity index (χ1v) is 7.92. The number of nitrogens with one attached hydrogen (secondary N) is 1. The van der Waals surface area contributed by atoms with Crippen molar-refractivity contribution in [1.82, 2.24) is 20.4 Å². The Hall–Kier alpha value is -2.81. The molecule has 1 atom stereocenters. The monoisotopic (exact) mass is 347 g/mol. The lowest BCUT2D eigenvalue weighted by Crippen LogP contribution is -2.45. The zero-order chi connectivity index (χ0) is 17.8. The maximum atomic E-state index is 13.3. The Morgan fingerprint density at radius 3 is 3.04 bits per heavy atom. The summed E-state index contributed by atoms with van der Waals surface area (Å²) in [6.45, 7) is 1.36. The number of piperidine rings is 1. The molecule has 25 heavy (non-hydrogen) atoms. The number of imide groups is 1. The van der Waals surface area contributed by atoms with Crippen LogP contribution in [0.25, 0.3) is 11.4 Å². The van der Waals surface area contributed by atoms with Crippen LogP contribution in [0.1, 0.15) is 24.7 Å². The Labute approximate surface area is 143 Å². The molecule has 1 aliphatic heterocycles. The lowest BCUT2D eigenvalue weighted by atomic mass is 9.98. The maximum Gasteiger partial charge on any atom is 0.318 e. The van der Waals surface area contributed by atoms with Crippen LogP contribution in [0.3, 0.4) is 0 Å². The number of nitrogens with zero attached hydrogens (tertiary/aromatic N) is 3. The van der Waals surface area contributed by atoms with Crippen LogP contribution >= 0.6 is 0 Å². The molecule has 2 aromatic rings. The van der Waals surface area contributed by atoms with Crippen LogP contribution in [0, 0.1) is 5.82 Å². The molecule has 1 unspecified atom stereocenters. The highest BCUT2D eigenvalue weighted by molar-refractivity contribution is 5.94. The molecule has 3 amide bonds. The molecule has 3 N–H and O–H groups in total. The van der Waals surface area contributed by atoms with Crippen molar-refractivity contribution in [3.05, 3.63) is 36.0 Å². The van der Waals surface area contributed by atoms with Crippen LogP contribution in [-0.4, -0.2) is 46.6 Å². The first-order chi connectivity index (χ1) is 12.0. The maximum absolute atomic E-state index is 13.3. The van der Waals surface area contributed by atoms with Crippen molar-refractivity contribution >= 4 is 11.9 Å². The first-order valence-electron chi connectivity index (χ1n) is 7.92. The summed E-state index contributed by atoms with van der Waals surface area (Å²) in [4.78, 5) is 28.6. The molecule has 1 saturated heterocycles. The fourth-order valence-corrected chi connectivity index (χ4v) is 2.93. The number of carbonyl (C=O) groups is 2. The molecule has 9 heteroatoms. The van der Waals surface area contributed by atoms with Crippen molar-refractivity contribution < 1.29 is 18.5 Å². The Balaban J connectivity index is 1.66. The molecule has 0 aliphatic carbocycles. The molecule has 0 saturated carbocycles. The number of amides is 3. The smallest absolute Gasteiger partial charge is 0.318 e. The second-order valence-electron chi connectivity index (χ2n) is 5.95. The number of urea groups is 1. The van der Waals surface area contributed by atoms with Gasteiger partial charge in [0.25, 0.3) is 0 Å². The molecule has 1 aromatic carbocycles. The van der Waals surface area contributed by atoms with E-state index in [1.165, 1.54) is 12.1 Å². The van der Waals surface area contributed by atoms with Gasteiger partial charge < -0.3 is 10.3 Å². The Morgan fingerprint density at radius 1 is 1.44 bits per heavy atom. The van der Waals surface area contributed by atoms with Crippen molar-refractivity contribution in [2.45, 2.75) is 18.8 Å². The van der Waals surface area contributed by atoms with E-state index in [1.807, 2.05) is 10.2 Å². The topological polar surface area (TPSA) is 114 Å². The number of aromatic nitrogens is 2. The molecule has 3 rings (SSSR count). The zero-order valence-corrected chi connectivity index (χ0v) is 13.4. The molecule has 132 valence electrons. The van der Waals surface area contributed by atoms with Crippen molar-refractivity contribution in [2.24, 2.45) is 5.73 Å². The minimum absolute atomic E-state index is 0.0232. The Kier molecular flexibility index (Phi) is 5.03. The van der Waals surface area contributed by atoms with Crippen LogP contribution in [0.4, 0.5) is 9.18 Å². The molecule has 1 fully saturated rings. The Morgan fingerprint density at radius 2 is 2.28 bits per heavy atom. The molecule has 1 aliphatic rings. The molecular weight excluding hydrogens is 329 g/mol. The van der Waals surface area contributed by atoms with E-state index in [2.05, 4.69) is 10.1 Å². The number of hydrogen-bond donors (Lipinski definition) is 2. The largest absolute Gasteiger partial charge is 0.351 e. The van der Waals surface area contributed by atoms with Gasteiger partial charge in [0.15, 0.2) is 0 Å². The molecular formula is C16H18FN5O3. The molecule has 0 bridgehead atoms. The van der Waals surface area contributed by atoms with Gasteiger partial charge in [0.2, 0.25) is 17.6 Å². The van der Waals surface area contributed by atoms with Crippen LogP contribution < -0.4 is 11.1 Å². The third-order valence-electron chi connectivity index (χ3n) is 4.01. The van der Waals surface area contributed by atoms with Crippen LogP contribution in [-0.2, 0) is 4.79 Å². The van der Waals surface area contributed by atoms with Crippen molar-refractivity contribution in [2.75, 3.05) is 19.6 Å². The van der Waals surface area contributed by atoms with E-state index in [1.54, 1.807) is 12.1 Å². The van der Waals surface area contributed by atoms with Crippen molar-refractivity contribution in [1.29, 1.82) is 0 Å². The van der Waals surface area contributed by atoms with E-state index in [-0.39, 0.29) is 18.3 Å². The average Bonchev–Trinajstić information content (AvgIpc) is 3.04. The number of likely N-dealkylation sites (tertiary alicyclic amines) is 1. The van der Waals surface area contributed by atoms with Crippen LogP contribution in [0.15, 0.2) is 28.8 Å². The fourth-order valence-electron chi connectivity index (χ4n) is 2.93. The van der Waals surface area contributed by atoms with Gasteiger partial charge >= 0.3 is 6.03 Å². The van der Waals surface area contributed by atoms with Crippen LogP contribution in [0.2, 0.25) is 0 Å². The van der Waals surface area contributed by atoms with Gasteiger partial charge in [-0.05, 0) is 31.5 Å². The normalized spacial score (nSPS) is 18.0. The second kappa shape index (κ2) is 7.39. The summed E-state index contributed by atoms with van der Waals surface area (Å²) in [7, 11) is 0. The second-order valence-corrected chi connectivity index (χ2v) is 5.95. The highest BCUT2D eigenvalue weighted by Crippen LogP contribution is 2.27. The van der Waals surface area contributed by atoms with Gasteiger partial charge in [-0.25, -0.2) is 9.18 Å². The minimum atomic E-state index is -0.866. The third-order valence-corrected chi connectivity index (χ3v) is 4.01. The summed E-state index contributed by atoms with van der Waals surface area (Å²) in [5.41, 5.74) is 5.48. The molecule has 1 aromatic heterocycles. The van der Waals surface area contributed by atoms with Gasteiger partial charge in [0.05, 0.1) is 12.5 Å². The van der Waals surface area contributed by atoms with E-state index < -0.39 is 11.9 Å². The molecule has 2 heterocycles. The molecule has 0 spiro atoms. The Bertz CT molecular complexity index is 779. The summed E-state index contributed by atoms with van der Waals surface area (Å²) in [6.07, 6.45) is 1.70.